The van der Waals surface area contributed by atoms with Crippen molar-refractivity contribution in [3.05, 3.63) is 168 Å². The molecular weight excluding hydrogens is 1770 g/mol. The number of aromatic amines is 4. The minimum atomic E-state index is -1.33. The molecule has 0 aromatic carbocycles. The summed E-state index contributed by atoms with van der Waals surface area (Å²) in [6.07, 6.45) is 25.4. The first-order chi connectivity index (χ1) is 58.5. The van der Waals surface area contributed by atoms with Crippen LogP contribution in [0.15, 0.2) is 103 Å². The Bertz CT molecular complexity index is 5150. The number of carbonyl (C=O) groups is 2. The number of amides is 1. The average Bonchev–Trinajstić information content (AvgIpc) is 1.66. The molecule has 10 heterocycles. The van der Waals surface area contributed by atoms with Gasteiger partial charge in [0.15, 0.2) is 46.5 Å². The predicted molar refractivity (Wildman–Crippen MR) is 515 cm³/mol. The van der Waals surface area contributed by atoms with Crippen molar-refractivity contribution >= 4 is 114 Å². The van der Waals surface area contributed by atoms with Crippen molar-refractivity contribution in [2.45, 2.75) is 202 Å². The van der Waals surface area contributed by atoms with E-state index in [0.717, 1.165) is 65.9 Å². The SMILES string of the molecule is C=CC1=CN([C@@H]2O[C@H](CCP(=C)(C)C)[C@@H](O)[C@H]2O)C(=C)NC1=O.C=P(C)(C)CC[C@H]1O[C@@H](n2cc(/C=C/C(C)=O)c(=O)[nH]c2=O)[C@H](O)[C@@H]1O.C=P(C)(C)CC[C@H]1O[C@@H](n2cc(/C=C/CN)c(=O)[nH]c2=O)[C@H](O)[C@@H]1O.C=P(C)(C)CC[C@H]1O[C@@H](n2cc(CNCCC)c(=O)[nH]c2=S)[C@H](O)[C@@H]1O.C=P(C)(C)CC[C@H]1O[C@@H](n2cc(CNCCC)c(=O)[nH]c2=S)[C@H](O)[C@@H]1O. The third-order valence-electron chi connectivity index (χ3n) is 21.0. The fraction of sp³-hybridized carbons (Fsp3) is 0.602. The van der Waals surface area contributed by atoms with E-state index in [1.54, 1.807) is 18.5 Å². The van der Waals surface area contributed by atoms with Gasteiger partial charge in [-0.2, -0.15) is 0 Å². The summed E-state index contributed by atoms with van der Waals surface area (Å²) in [6.45, 7) is 30.0. The number of hydrogen-bond donors (Lipinski definition) is 18. The number of nitrogens with one attached hydrogen (secondary N) is 7. The minimum Gasteiger partial charge on any atom is -0.388 e. The maximum atomic E-state index is 12.1. The highest BCUT2D eigenvalue weighted by atomic mass is 32.1. The zero-order valence-corrected chi connectivity index (χ0v) is 80.5. The van der Waals surface area contributed by atoms with Crippen LogP contribution in [0, 0.1) is 9.54 Å². The third kappa shape index (κ3) is 31.9. The third-order valence-corrected chi connectivity index (χ3v) is 28.9. The molecule has 126 heavy (non-hydrogen) atoms. The number of aromatic nitrogens is 8. The number of ether oxygens (including phenoxy) is 5. The lowest BCUT2D eigenvalue weighted by Crippen LogP contribution is -2.47. The highest BCUT2D eigenvalue weighted by molar-refractivity contribution is 7.73. The highest BCUT2D eigenvalue weighted by Crippen LogP contribution is 2.44. The second-order valence-corrected chi connectivity index (χ2v) is 58.0. The Morgan fingerprint density at radius 3 is 1.06 bits per heavy atom. The maximum Gasteiger partial charge on any atom is 0.330 e. The molecule has 0 unspecified atom stereocenters. The van der Waals surface area contributed by atoms with E-state index >= 15 is 0 Å². The fourth-order valence-electron chi connectivity index (χ4n) is 13.8. The lowest BCUT2D eigenvalue weighted by atomic mass is 10.1. The monoisotopic (exact) mass is 1900 g/mol. The Morgan fingerprint density at radius 1 is 0.468 bits per heavy atom. The Balaban J connectivity index is 0.000000243. The van der Waals surface area contributed by atoms with Gasteiger partial charge in [-0.05, 0) is 199 Å². The van der Waals surface area contributed by atoms with E-state index in [9.17, 15) is 89.4 Å². The summed E-state index contributed by atoms with van der Waals surface area (Å²) in [5.74, 6) is -0.272. The molecule has 20 atom stereocenters. The number of ketones is 1. The highest BCUT2D eigenvalue weighted by Gasteiger charge is 2.49. The van der Waals surface area contributed by atoms with Gasteiger partial charge in [0.25, 0.3) is 28.1 Å². The average molecular weight is 1900 g/mol. The van der Waals surface area contributed by atoms with Gasteiger partial charge in [-0.1, -0.05) is 45.2 Å². The molecule has 43 heteroatoms. The molecule has 5 saturated heterocycles. The van der Waals surface area contributed by atoms with Crippen LogP contribution in [0.25, 0.3) is 12.2 Å². The Morgan fingerprint density at radius 2 is 0.770 bits per heavy atom. The number of H-pyrrole nitrogens is 4. The van der Waals surface area contributed by atoms with Gasteiger partial charge < -0.3 is 101 Å². The van der Waals surface area contributed by atoms with Crippen molar-refractivity contribution in [2.24, 2.45) is 5.73 Å². The molecule has 6 aliphatic rings. The van der Waals surface area contributed by atoms with Crippen molar-refractivity contribution in [2.75, 3.05) is 117 Å². The van der Waals surface area contributed by atoms with Crippen molar-refractivity contribution in [1.29, 1.82) is 0 Å². The Kier molecular flexibility index (Phi) is 41.3. The van der Waals surface area contributed by atoms with Crippen LogP contribution in [-0.2, 0) is 46.4 Å². The summed E-state index contributed by atoms with van der Waals surface area (Å²) in [7, 11) is 0. The molecule has 0 spiro atoms. The van der Waals surface area contributed by atoms with Gasteiger partial charge in [0.1, 0.15) is 66.9 Å². The minimum absolute atomic E-state index is 0.0679. The predicted octanol–water partition coefficient (Wildman–Crippen LogP) is 1.84. The molecule has 0 bridgehead atoms. The van der Waals surface area contributed by atoms with Crippen LogP contribution in [0.2, 0.25) is 0 Å². The summed E-state index contributed by atoms with van der Waals surface area (Å²) in [5, 5.41) is 112. The Hall–Kier alpha value is -6.02. The molecule has 4 aromatic rings. The van der Waals surface area contributed by atoms with Crippen LogP contribution in [0.3, 0.4) is 0 Å². The van der Waals surface area contributed by atoms with Crippen LogP contribution >= 0.6 is 58.9 Å². The van der Waals surface area contributed by atoms with Crippen LogP contribution in [0.4, 0.5) is 0 Å². The van der Waals surface area contributed by atoms with E-state index in [0.29, 0.717) is 67.7 Å². The summed E-state index contributed by atoms with van der Waals surface area (Å²) in [5.41, 5.74) is 3.80. The van der Waals surface area contributed by atoms with Gasteiger partial charge in [-0.3, -0.25) is 67.0 Å². The fourth-order valence-corrected chi connectivity index (χ4v) is 19.1. The molecule has 0 aliphatic carbocycles. The first kappa shape index (κ1) is 109. The van der Waals surface area contributed by atoms with Crippen LogP contribution in [0.1, 0.15) is 113 Å². The lowest BCUT2D eigenvalue weighted by molar-refractivity contribution is -0.119. The second kappa shape index (κ2) is 47.9. The summed E-state index contributed by atoms with van der Waals surface area (Å²) in [6, 6.07) is 0. The van der Waals surface area contributed by atoms with Gasteiger partial charge in [0.05, 0.1) is 47.2 Å². The quantitative estimate of drug-likeness (QED) is 0.0140. The molecule has 19 N–H and O–H groups in total. The van der Waals surface area contributed by atoms with Crippen molar-refractivity contribution in [3.8, 4) is 0 Å². The molecule has 708 valence electrons. The number of carbonyl (C=O) groups excluding carboxylic acids is 2. The molecule has 6 aliphatic heterocycles. The molecule has 36 nitrogen and oxygen atoms in total. The zero-order chi connectivity index (χ0) is 94.7. The number of nitrogens with two attached hydrogens (primary N) is 1. The van der Waals surface area contributed by atoms with Crippen molar-refractivity contribution in [1.82, 2.24) is 59.1 Å². The first-order valence-electron chi connectivity index (χ1n) is 41.5. The molecule has 0 saturated carbocycles. The van der Waals surface area contributed by atoms with E-state index in [1.807, 2.05) is 13.8 Å². The maximum absolute atomic E-state index is 12.1. The Labute approximate surface area is 745 Å². The first-order valence-corrected chi connectivity index (χ1v) is 57.6. The van der Waals surface area contributed by atoms with E-state index < -0.39 is 180 Å². The number of hydrogen-bond acceptors (Lipinski definition) is 29. The molecule has 1 amide bonds. The van der Waals surface area contributed by atoms with Crippen LogP contribution in [0.5, 0.6) is 0 Å². The summed E-state index contributed by atoms with van der Waals surface area (Å²) < 4.78 is 34.6. The molecule has 0 radical (unpaired) electrons. The van der Waals surface area contributed by atoms with E-state index in [-0.39, 0.29) is 50.0 Å². The smallest absolute Gasteiger partial charge is 0.330 e. The van der Waals surface area contributed by atoms with Crippen molar-refractivity contribution in [3.63, 3.8) is 0 Å². The summed E-state index contributed by atoms with van der Waals surface area (Å²) in [4.78, 5) is 106. The van der Waals surface area contributed by atoms with Gasteiger partial charge in [-0.25, -0.2) is 9.59 Å². The van der Waals surface area contributed by atoms with Gasteiger partial charge in [0, 0.05) is 61.7 Å². The number of allylic oxidation sites excluding steroid dienone is 1. The van der Waals surface area contributed by atoms with E-state index in [1.165, 1.54) is 63.9 Å². The molecule has 5 fully saturated rings. The zero-order valence-electron chi connectivity index (χ0n) is 74.4. The standard InChI is InChI=1S/2C17H30N3O4PS.C17H25N2O6P.C16H26N3O5P.C16H25N2O4P/c2*1-5-7-18-9-11-10-20(17(26)19-15(11)23)16-14(22)13(21)12(24-16)6-8-25(2,3)4;1-10(20)5-6-11-9-19(17(24)18-15(11)23)16-14(22)13(21)12(25-16)7-8-26(2,3)4;1-25(2,3)8-6-11-12(20)13(21)15(24-11)19-9-10(5-4-7-17)14(22)18-16(19)23;1-6-11-9-18(10(2)17-15(11)21)16-14(20)13(19)12(22-16)7-8-23(3,4)5/h2*10,12-14,16,18,21-22H,2,5-9H2,1,3-4H3,(H,19,23,26);5-6,9,12-14,16,21-22H,2,7-8H2,1,3-4H3,(H,18,23,24);4-5,9,11-13,15,20-21H,1,6-8,17H2,2-3H3,(H,18,22,23);6,9,12-14,16,19-20H,1-3,7-8H2,4-5H3,(H,17,21)/b;;6-5+;5-4+;/t3*12-,13-,14-,16-;11-,12-,13-,15-;12-,13-,14-,16-/m11111/s1. The topological polar surface area (TPSA) is 533 Å². The lowest BCUT2D eigenvalue weighted by Gasteiger charge is -2.34. The largest absolute Gasteiger partial charge is 0.388 e. The normalized spacial score (nSPS) is 27.6. The number of rotatable bonds is 33. The second-order valence-electron chi connectivity index (χ2n) is 35.6. The number of aliphatic hydroxyl groups excluding tert-OH is 10. The van der Waals surface area contributed by atoms with Crippen LogP contribution < -0.4 is 55.3 Å². The number of aliphatic hydroxyl groups is 10. The van der Waals surface area contributed by atoms with Gasteiger partial charge >= 0.3 is 11.4 Å². The van der Waals surface area contributed by atoms with Gasteiger partial charge in [0.2, 0.25) is 0 Å². The number of nitrogens with zero attached hydrogens (tertiary/aromatic N) is 5. The van der Waals surface area contributed by atoms with Crippen molar-refractivity contribution < 1.29 is 84.3 Å². The molecule has 10 rings (SSSR count). The van der Waals surface area contributed by atoms with E-state index in [4.69, 9.17) is 53.9 Å². The van der Waals surface area contributed by atoms with Gasteiger partial charge in [-0.15, -0.1) is 65.9 Å². The molecular formula is C83H136N13O23P5S2. The summed E-state index contributed by atoms with van der Waals surface area (Å²) >= 11 is 10.5. The molecule has 4 aromatic heterocycles. The van der Waals surface area contributed by atoms with E-state index in [2.05, 4.69) is 147 Å². The van der Waals surface area contributed by atoms with Crippen LogP contribution in [-0.4, -0.2) is 352 Å².